The molecule has 0 heterocycles. The Morgan fingerprint density at radius 3 is 2.52 bits per heavy atom. The van der Waals surface area contributed by atoms with E-state index in [0.717, 1.165) is 18.4 Å². The Balaban J connectivity index is 1.60. The van der Waals surface area contributed by atoms with Crippen LogP contribution in [0.5, 0.6) is 5.75 Å². The zero-order valence-electron chi connectivity index (χ0n) is 12.9. The molecule has 1 amide bonds. The SMILES string of the molecule is O=C(COc1ccccc1CO)NC(c1ccccc1)C1CC1. The molecule has 0 radical (unpaired) electrons. The minimum Gasteiger partial charge on any atom is -0.483 e. The first-order valence-corrected chi connectivity index (χ1v) is 7.94. The Bertz CT molecular complexity index is 653. The third-order valence-electron chi connectivity index (χ3n) is 4.07. The van der Waals surface area contributed by atoms with Crippen molar-refractivity contribution in [1.29, 1.82) is 0 Å². The number of para-hydroxylation sites is 1. The van der Waals surface area contributed by atoms with Crippen molar-refractivity contribution in [3.63, 3.8) is 0 Å². The fourth-order valence-electron chi connectivity index (χ4n) is 2.70. The van der Waals surface area contributed by atoms with Crippen molar-refractivity contribution in [2.45, 2.75) is 25.5 Å². The molecule has 1 atom stereocenters. The second-order valence-corrected chi connectivity index (χ2v) is 5.85. The molecule has 0 spiro atoms. The lowest BCUT2D eigenvalue weighted by Gasteiger charge is -2.19. The molecule has 23 heavy (non-hydrogen) atoms. The lowest BCUT2D eigenvalue weighted by Crippen LogP contribution is -2.33. The van der Waals surface area contributed by atoms with Crippen LogP contribution in [0.3, 0.4) is 0 Å². The average Bonchev–Trinajstić information content (AvgIpc) is 3.44. The number of aliphatic hydroxyl groups is 1. The standard InChI is InChI=1S/C19H21NO3/c21-12-16-8-4-5-9-17(16)23-13-18(22)20-19(15-10-11-15)14-6-2-1-3-7-14/h1-9,15,19,21H,10-13H2,(H,20,22). The van der Waals surface area contributed by atoms with Gasteiger partial charge in [0.2, 0.25) is 0 Å². The van der Waals surface area contributed by atoms with E-state index in [1.165, 1.54) is 0 Å². The molecular formula is C19H21NO3. The molecule has 1 fully saturated rings. The molecule has 2 N–H and O–H groups in total. The molecule has 3 rings (SSSR count). The smallest absolute Gasteiger partial charge is 0.258 e. The van der Waals surface area contributed by atoms with Gasteiger partial charge in [0.05, 0.1) is 12.6 Å². The van der Waals surface area contributed by atoms with Crippen LogP contribution in [0.25, 0.3) is 0 Å². The van der Waals surface area contributed by atoms with Gasteiger partial charge >= 0.3 is 0 Å². The van der Waals surface area contributed by atoms with E-state index in [2.05, 4.69) is 5.32 Å². The van der Waals surface area contributed by atoms with Gasteiger partial charge in [-0.05, 0) is 30.4 Å². The van der Waals surface area contributed by atoms with Gasteiger partial charge in [0, 0.05) is 5.56 Å². The van der Waals surface area contributed by atoms with Crippen molar-refractivity contribution >= 4 is 5.91 Å². The van der Waals surface area contributed by atoms with Gasteiger partial charge < -0.3 is 15.2 Å². The Kier molecular flexibility index (Phi) is 4.93. The van der Waals surface area contributed by atoms with Gasteiger partial charge in [0.1, 0.15) is 5.75 Å². The molecule has 1 aliphatic rings. The Morgan fingerprint density at radius 1 is 1.13 bits per heavy atom. The topological polar surface area (TPSA) is 58.6 Å². The highest BCUT2D eigenvalue weighted by Crippen LogP contribution is 2.40. The summed E-state index contributed by atoms with van der Waals surface area (Å²) < 4.78 is 5.55. The van der Waals surface area contributed by atoms with Crippen LogP contribution in [0.4, 0.5) is 0 Å². The van der Waals surface area contributed by atoms with Gasteiger partial charge in [-0.1, -0.05) is 48.5 Å². The number of carbonyl (C=O) groups excluding carboxylic acids is 1. The van der Waals surface area contributed by atoms with E-state index in [-0.39, 0.29) is 25.2 Å². The maximum absolute atomic E-state index is 12.2. The predicted octanol–water partition coefficient (Wildman–Crippen LogP) is 2.83. The molecule has 0 aliphatic heterocycles. The Labute approximate surface area is 136 Å². The first kappa shape index (κ1) is 15.6. The highest BCUT2D eigenvalue weighted by Gasteiger charge is 2.33. The van der Waals surface area contributed by atoms with E-state index in [9.17, 15) is 9.90 Å². The number of rotatable bonds is 7. The third-order valence-corrected chi connectivity index (χ3v) is 4.07. The molecule has 2 aromatic carbocycles. The van der Waals surface area contributed by atoms with E-state index in [1.807, 2.05) is 42.5 Å². The van der Waals surface area contributed by atoms with E-state index < -0.39 is 0 Å². The number of ether oxygens (including phenoxy) is 1. The van der Waals surface area contributed by atoms with Crippen LogP contribution in [-0.2, 0) is 11.4 Å². The first-order chi connectivity index (χ1) is 11.3. The van der Waals surface area contributed by atoms with Crippen LogP contribution in [0.2, 0.25) is 0 Å². The predicted molar refractivity (Wildman–Crippen MR) is 87.9 cm³/mol. The number of hydrogen-bond donors (Lipinski definition) is 2. The first-order valence-electron chi connectivity index (χ1n) is 7.94. The van der Waals surface area contributed by atoms with Gasteiger partial charge in [-0.25, -0.2) is 0 Å². The zero-order chi connectivity index (χ0) is 16.1. The highest BCUT2D eigenvalue weighted by molar-refractivity contribution is 5.78. The summed E-state index contributed by atoms with van der Waals surface area (Å²) in [5, 5.41) is 12.4. The van der Waals surface area contributed by atoms with Gasteiger partial charge in [-0.3, -0.25) is 4.79 Å². The fraction of sp³-hybridized carbons (Fsp3) is 0.316. The van der Waals surface area contributed by atoms with Crippen LogP contribution in [-0.4, -0.2) is 17.6 Å². The van der Waals surface area contributed by atoms with Gasteiger partial charge in [-0.15, -0.1) is 0 Å². The number of hydrogen-bond acceptors (Lipinski definition) is 3. The summed E-state index contributed by atoms with van der Waals surface area (Å²) in [5.74, 6) is 0.928. The monoisotopic (exact) mass is 311 g/mol. The van der Waals surface area contributed by atoms with Crippen molar-refractivity contribution in [3.8, 4) is 5.75 Å². The number of nitrogens with one attached hydrogen (secondary N) is 1. The third kappa shape index (κ3) is 4.11. The maximum Gasteiger partial charge on any atom is 0.258 e. The molecule has 120 valence electrons. The second-order valence-electron chi connectivity index (χ2n) is 5.85. The normalized spacial score (nSPS) is 15.0. The summed E-state index contributed by atoms with van der Waals surface area (Å²) in [6.07, 6.45) is 2.29. The Morgan fingerprint density at radius 2 is 1.83 bits per heavy atom. The zero-order valence-corrected chi connectivity index (χ0v) is 12.9. The van der Waals surface area contributed by atoms with E-state index in [1.54, 1.807) is 12.1 Å². The summed E-state index contributed by atoms with van der Waals surface area (Å²) in [6, 6.07) is 17.3. The molecule has 1 unspecified atom stereocenters. The van der Waals surface area contributed by atoms with Crippen LogP contribution in [0, 0.1) is 5.92 Å². The summed E-state index contributed by atoms with van der Waals surface area (Å²) >= 11 is 0. The summed E-state index contributed by atoms with van der Waals surface area (Å²) in [5.41, 5.74) is 1.82. The summed E-state index contributed by atoms with van der Waals surface area (Å²) in [6.45, 7) is -0.153. The number of benzene rings is 2. The number of amides is 1. The summed E-state index contributed by atoms with van der Waals surface area (Å²) in [4.78, 5) is 12.2. The van der Waals surface area contributed by atoms with Crippen LogP contribution < -0.4 is 10.1 Å². The second kappa shape index (κ2) is 7.29. The number of aliphatic hydroxyl groups excluding tert-OH is 1. The quantitative estimate of drug-likeness (QED) is 0.826. The van der Waals surface area contributed by atoms with Crippen LogP contribution in [0.15, 0.2) is 54.6 Å². The molecule has 4 heteroatoms. The van der Waals surface area contributed by atoms with Gasteiger partial charge in [-0.2, -0.15) is 0 Å². The van der Waals surface area contributed by atoms with Crippen molar-refractivity contribution in [2.24, 2.45) is 5.92 Å². The van der Waals surface area contributed by atoms with Crippen LogP contribution >= 0.6 is 0 Å². The molecule has 4 nitrogen and oxygen atoms in total. The minimum atomic E-state index is -0.140. The van der Waals surface area contributed by atoms with E-state index in [0.29, 0.717) is 17.2 Å². The number of carbonyl (C=O) groups is 1. The molecule has 2 aromatic rings. The molecule has 0 saturated heterocycles. The average molecular weight is 311 g/mol. The lowest BCUT2D eigenvalue weighted by molar-refractivity contribution is -0.124. The Hall–Kier alpha value is -2.33. The lowest BCUT2D eigenvalue weighted by atomic mass is 10.0. The van der Waals surface area contributed by atoms with Crippen molar-refractivity contribution in [2.75, 3.05) is 6.61 Å². The highest BCUT2D eigenvalue weighted by atomic mass is 16.5. The fourth-order valence-corrected chi connectivity index (χ4v) is 2.70. The van der Waals surface area contributed by atoms with Crippen molar-refractivity contribution < 1.29 is 14.6 Å². The van der Waals surface area contributed by atoms with Crippen molar-refractivity contribution in [1.82, 2.24) is 5.32 Å². The molecule has 1 aliphatic carbocycles. The largest absolute Gasteiger partial charge is 0.483 e. The molecule has 0 bridgehead atoms. The minimum absolute atomic E-state index is 0.0485. The molecule has 1 saturated carbocycles. The van der Waals surface area contributed by atoms with Gasteiger partial charge in [0.15, 0.2) is 6.61 Å². The van der Waals surface area contributed by atoms with Crippen molar-refractivity contribution in [3.05, 3.63) is 65.7 Å². The van der Waals surface area contributed by atoms with E-state index >= 15 is 0 Å². The maximum atomic E-state index is 12.2. The molecular weight excluding hydrogens is 290 g/mol. The summed E-state index contributed by atoms with van der Waals surface area (Å²) in [7, 11) is 0. The molecule has 0 aromatic heterocycles. The van der Waals surface area contributed by atoms with E-state index in [4.69, 9.17) is 4.74 Å². The van der Waals surface area contributed by atoms with Gasteiger partial charge in [0.25, 0.3) is 5.91 Å². The van der Waals surface area contributed by atoms with Crippen LogP contribution in [0.1, 0.15) is 30.0 Å².